The van der Waals surface area contributed by atoms with Gasteiger partial charge in [0.2, 0.25) is 0 Å². The first-order valence-corrected chi connectivity index (χ1v) is 11.7. The number of carbonyl (C=O) groups is 4. The molecule has 0 radical (unpaired) electrons. The van der Waals surface area contributed by atoms with Crippen LogP contribution in [0, 0.1) is 23.7 Å². The predicted molar refractivity (Wildman–Crippen MR) is 123 cm³/mol. The number of amides is 2. The van der Waals surface area contributed by atoms with Crippen LogP contribution < -0.4 is 10.6 Å². The highest BCUT2D eigenvalue weighted by Gasteiger charge is 2.47. The van der Waals surface area contributed by atoms with Crippen LogP contribution in [0.15, 0.2) is 25.3 Å². The molecule has 2 fully saturated rings. The molecule has 0 spiro atoms. The molecular weight excluding hydrogens is 444 g/mol. The van der Waals surface area contributed by atoms with Crippen LogP contribution in [0.5, 0.6) is 0 Å². The molecule has 0 heterocycles. The molecule has 0 aromatic carbocycles. The van der Waals surface area contributed by atoms with E-state index in [1.165, 1.54) is 6.42 Å². The summed E-state index contributed by atoms with van der Waals surface area (Å²) in [6, 6.07) is 0. The smallest absolute Gasteiger partial charge is 0.407 e. The third-order valence-electron chi connectivity index (χ3n) is 6.36. The van der Waals surface area contributed by atoms with Crippen LogP contribution in [0.3, 0.4) is 0 Å². The molecule has 190 valence electrons. The first-order chi connectivity index (χ1) is 16.2. The Bertz CT molecular complexity index is 755. The SMILES string of the molecule is C=CC(=O)OCC(C)OC(=O)NCC1CC2CCC1C2CCNC(=O)OCC(C)OC(=O)C=C. The van der Waals surface area contributed by atoms with Crippen LogP contribution in [-0.4, -0.2) is 62.6 Å². The molecule has 2 bridgehead atoms. The van der Waals surface area contributed by atoms with Gasteiger partial charge in [0.1, 0.15) is 25.4 Å². The van der Waals surface area contributed by atoms with Crippen LogP contribution in [-0.2, 0) is 28.5 Å². The van der Waals surface area contributed by atoms with E-state index in [0.29, 0.717) is 36.8 Å². The number of hydrogen-bond acceptors (Lipinski definition) is 8. The number of rotatable bonds is 13. The molecule has 2 amide bonds. The van der Waals surface area contributed by atoms with Crippen LogP contribution in [0.25, 0.3) is 0 Å². The Kier molecular flexibility index (Phi) is 10.9. The molecule has 2 saturated carbocycles. The molecule has 2 aliphatic rings. The average Bonchev–Trinajstić information content (AvgIpc) is 3.36. The second-order valence-corrected chi connectivity index (χ2v) is 8.86. The second kappa shape index (κ2) is 13.6. The van der Waals surface area contributed by atoms with Gasteiger partial charge < -0.3 is 29.6 Å². The lowest BCUT2D eigenvalue weighted by molar-refractivity contribution is -0.144. The van der Waals surface area contributed by atoms with Crippen LogP contribution >= 0.6 is 0 Å². The summed E-state index contributed by atoms with van der Waals surface area (Å²) >= 11 is 0. The zero-order valence-electron chi connectivity index (χ0n) is 20.0. The number of alkyl carbamates (subject to hydrolysis) is 2. The molecule has 10 heteroatoms. The summed E-state index contributed by atoms with van der Waals surface area (Å²) in [6.07, 6.45) is 4.10. The standard InChI is InChI=1S/C24H36N2O8/c1-5-21(27)31-13-16(4)34-24(30)26-12-18-11-17-7-8-19(18)20(17)9-10-25-23(29)32-14-15(3)33-22(28)6-2/h5-6,15-20H,1-2,7-14H2,3-4H3,(H,25,29)(H,26,30). The Labute approximate surface area is 200 Å². The van der Waals surface area contributed by atoms with Gasteiger partial charge in [0.15, 0.2) is 0 Å². The largest absolute Gasteiger partial charge is 0.459 e. The molecule has 10 nitrogen and oxygen atoms in total. The molecule has 2 rings (SSSR count). The van der Waals surface area contributed by atoms with E-state index in [0.717, 1.165) is 31.4 Å². The van der Waals surface area contributed by atoms with Gasteiger partial charge in [-0.25, -0.2) is 19.2 Å². The van der Waals surface area contributed by atoms with Crippen LogP contribution in [0.2, 0.25) is 0 Å². The third kappa shape index (κ3) is 8.72. The Balaban J connectivity index is 1.63. The van der Waals surface area contributed by atoms with E-state index in [2.05, 4.69) is 23.8 Å². The Morgan fingerprint density at radius 2 is 1.59 bits per heavy atom. The summed E-state index contributed by atoms with van der Waals surface area (Å²) in [7, 11) is 0. The van der Waals surface area contributed by atoms with Crippen LogP contribution in [0.4, 0.5) is 9.59 Å². The fourth-order valence-electron chi connectivity index (χ4n) is 4.91. The molecule has 34 heavy (non-hydrogen) atoms. The Morgan fingerprint density at radius 3 is 2.29 bits per heavy atom. The monoisotopic (exact) mass is 480 g/mol. The minimum atomic E-state index is -0.561. The highest BCUT2D eigenvalue weighted by atomic mass is 16.6. The van der Waals surface area contributed by atoms with Crippen molar-refractivity contribution in [1.82, 2.24) is 10.6 Å². The van der Waals surface area contributed by atoms with E-state index in [1.807, 2.05) is 0 Å². The van der Waals surface area contributed by atoms with Gasteiger partial charge in [-0.3, -0.25) is 0 Å². The van der Waals surface area contributed by atoms with E-state index >= 15 is 0 Å². The number of nitrogens with one attached hydrogen (secondary N) is 2. The summed E-state index contributed by atoms with van der Waals surface area (Å²) in [5.41, 5.74) is 0. The molecule has 0 saturated heterocycles. The molecule has 0 aliphatic heterocycles. The second-order valence-electron chi connectivity index (χ2n) is 8.86. The maximum Gasteiger partial charge on any atom is 0.407 e. The molecular formula is C24H36N2O8. The summed E-state index contributed by atoms with van der Waals surface area (Å²) in [5, 5.41) is 5.59. The zero-order valence-corrected chi connectivity index (χ0v) is 20.0. The number of esters is 2. The van der Waals surface area contributed by atoms with Crippen molar-refractivity contribution < 1.29 is 38.1 Å². The Hall–Kier alpha value is -3.04. The van der Waals surface area contributed by atoms with Gasteiger partial charge >= 0.3 is 24.1 Å². The number of ether oxygens (including phenoxy) is 4. The first kappa shape index (κ1) is 27.2. The van der Waals surface area contributed by atoms with Gasteiger partial charge in [0.25, 0.3) is 0 Å². The van der Waals surface area contributed by atoms with Gasteiger partial charge in [-0.15, -0.1) is 0 Å². The van der Waals surface area contributed by atoms with Gasteiger partial charge in [0, 0.05) is 25.2 Å². The van der Waals surface area contributed by atoms with E-state index < -0.39 is 36.3 Å². The topological polar surface area (TPSA) is 129 Å². The normalized spacial score (nSPS) is 24.3. The average molecular weight is 481 g/mol. The minimum Gasteiger partial charge on any atom is -0.459 e. The van der Waals surface area contributed by atoms with Gasteiger partial charge in [0.05, 0.1) is 0 Å². The Morgan fingerprint density at radius 1 is 0.912 bits per heavy atom. The quantitative estimate of drug-likeness (QED) is 0.234. The van der Waals surface area contributed by atoms with Crippen LogP contribution in [0.1, 0.15) is 39.5 Å². The molecule has 2 N–H and O–H groups in total. The minimum absolute atomic E-state index is 0.0250. The lowest BCUT2D eigenvalue weighted by Gasteiger charge is -2.23. The summed E-state index contributed by atoms with van der Waals surface area (Å²) < 4.78 is 20.1. The molecule has 6 unspecified atom stereocenters. The van der Waals surface area contributed by atoms with Crippen molar-refractivity contribution in [3.05, 3.63) is 25.3 Å². The molecule has 2 aliphatic carbocycles. The van der Waals surface area contributed by atoms with Gasteiger partial charge in [-0.2, -0.15) is 0 Å². The van der Waals surface area contributed by atoms with E-state index in [9.17, 15) is 19.2 Å². The van der Waals surface area contributed by atoms with E-state index in [-0.39, 0.29) is 13.2 Å². The predicted octanol–water partition coefficient (Wildman–Crippen LogP) is 2.73. The molecule has 0 aromatic heterocycles. The number of fused-ring (bicyclic) bond motifs is 2. The number of hydrogen-bond donors (Lipinski definition) is 2. The van der Waals surface area contributed by atoms with Gasteiger partial charge in [-0.05, 0) is 63.2 Å². The zero-order chi connectivity index (χ0) is 25.1. The third-order valence-corrected chi connectivity index (χ3v) is 6.36. The van der Waals surface area contributed by atoms with Crippen molar-refractivity contribution in [3.63, 3.8) is 0 Å². The van der Waals surface area contributed by atoms with Crippen molar-refractivity contribution in [2.45, 2.75) is 51.7 Å². The fraction of sp³-hybridized carbons (Fsp3) is 0.667. The van der Waals surface area contributed by atoms with Crippen molar-refractivity contribution in [2.75, 3.05) is 26.3 Å². The highest BCUT2D eigenvalue weighted by molar-refractivity contribution is 5.81. The summed E-state index contributed by atoms with van der Waals surface area (Å²) in [6.45, 7) is 10.9. The summed E-state index contributed by atoms with van der Waals surface area (Å²) in [4.78, 5) is 46.2. The molecule has 0 aromatic rings. The lowest BCUT2D eigenvalue weighted by Crippen LogP contribution is -2.35. The van der Waals surface area contributed by atoms with Crippen molar-refractivity contribution in [2.24, 2.45) is 23.7 Å². The van der Waals surface area contributed by atoms with Crippen molar-refractivity contribution >= 4 is 24.1 Å². The van der Waals surface area contributed by atoms with Crippen molar-refractivity contribution in [3.8, 4) is 0 Å². The summed E-state index contributed by atoms with van der Waals surface area (Å²) in [5.74, 6) is 0.822. The van der Waals surface area contributed by atoms with E-state index in [1.54, 1.807) is 13.8 Å². The van der Waals surface area contributed by atoms with Crippen molar-refractivity contribution in [1.29, 1.82) is 0 Å². The lowest BCUT2D eigenvalue weighted by atomic mass is 9.87. The number of carbonyl (C=O) groups excluding carboxylic acids is 4. The maximum atomic E-state index is 12.1. The highest BCUT2D eigenvalue weighted by Crippen LogP contribution is 2.53. The van der Waals surface area contributed by atoms with Gasteiger partial charge in [-0.1, -0.05) is 13.2 Å². The molecule has 6 atom stereocenters. The van der Waals surface area contributed by atoms with E-state index in [4.69, 9.17) is 18.9 Å². The maximum absolute atomic E-state index is 12.1. The first-order valence-electron chi connectivity index (χ1n) is 11.7. The fourth-order valence-corrected chi connectivity index (χ4v) is 4.91.